The van der Waals surface area contributed by atoms with Crippen molar-refractivity contribution in [3.63, 3.8) is 0 Å². The van der Waals surface area contributed by atoms with Crippen LogP contribution in [-0.2, 0) is 14.8 Å². The van der Waals surface area contributed by atoms with Crippen LogP contribution in [0.25, 0.3) is 10.2 Å². The molecule has 0 saturated heterocycles. The molecule has 0 atom stereocenters. The van der Waals surface area contributed by atoms with Crippen molar-refractivity contribution in [2.45, 2.75) is 15.7 Å². The number of benzene rings is 2. The summed E-state index contributed by atoms with van der Waals surface area (Å²) in [6.07, 6.45) is 1.97. The fourth-order valence-electron chi connectivity index (χ4n) is 2.87. The van der Waals surface area contributed by atoms with Crippen LogP contribution in [0.5, 0.6) is 11.5 Å². The second kappa shape index (κ2) is 8.80. The molecule has 0 radical (unpaired) electrons. The van der Waals surface area contributed by atoms with Crippen molar-refractivity contribution in [2.24, 2.45) is 0 Å². The monoisotopic (exact) mass is 465 g/mol. The number of rotatable bonds is 7. The van der Waals surface area contributed by atoms with Crippen LogP contribution in [0.2, 0.25) is 0 Å². The molecule has 1 amide bonds. The third-order valence-electron chi connectivity index (χ3n) is 4.30. The van der Waals surface area contributed by atoms with E-state index in [1.807, 2.05) is 18.4 Å². The Morgan fingerprint density at radius 1 is 1.17 bits per heavy atom. The van der Waals surface area contributed by atoms with E-state index in [0.717, 1.165) is 14.6 Å². The first-order chi connectivity index (χ1) is 14.4. The highest BCUT2D eigenvalue weighted by atomic mass is 32.2. The van der Waals surface area contributed by atoms with Gasteiger partial charge in [0.05, 0.1) is 15.1 Å². The lowest BCUT2D eigenvalue weighted by Crippen LogP contribution is -2.28. The SMILES string of the molecule is CSc1nc2ccc(NC(=O)CCNS(=O)(=O)c3ccc4c(c3)OCCO4)cc2s1. The molecule has 1 aliphatic heterocycles. The molecule has 11 heteroatoms. The first-order valence-corrected chi connectivity index (χ1v) is 12.6. The smallest absolute Gasteiger partial charge is 0.240 e. The summed E-state index contributed by atoms with van der Waals surface area (Å²) >= 11 is 3.13. The average molecular weight is 466 g/mol. The molecular weight excluding hydrogens is 446 g/mol. The zero-order valence-corrected chi connectivity index (χ0v) is 18.5. The number of ether oxygens (including phenoxy) is 2. The fourth-order valence-corrected chi connectivity index (χ4v) is 5.44. The Labute approximate surface area is 182 Å². The second-order valence-corrected chi connectivity index (χ2v) is 10.2. The quantitative estimate of drug-likeness (QED) is 0.517. The average Bonchev–Trinajstić information content (AvgIpc) is 3.16. The number of hydrogen-bond acceptors (Lipinski definition) is 8. The molecule has 8 nitrogen and oxygen atoms in total. The number of nitrogens with one attached hydrogen (secondary N) is 2. The molecule has 0 bridgehead atoms. The van der Waals surface area contributed by atoms with Gasteiger partial charge in [-0.3, -0.25) is 4.79 Å². The minimum Gasteiger partial charge on any atom is -0.486 e. The van der Waals surface area contributed by atoms with Crippen molar-refractivity contribution in [1.82, 2.24) is 9.71 Å². The number of hydrogen-bond donors (Lipinski definition) is 2. The number of aromatic nitrogens is 1. The summed E-state index contributed by atoms with van der Waals surface area (Å²) in [5, 5.41) is 2.79. The molecule has 0 aliphatic carbocycles. The van der Waals surface area contributed by atoms with E-state index < -0.39 is 10.0 Å². The van der Waals surface area contributed by atoms with E-state index in [1.165, 1.54) is 12.1 Å². The molecule has 3 aromatic rings. The van der Waals surface area contributed by atoms with Gasteiger partial charge in [-0.1, -0.05) is 11.8 Å². The van der Waals surface area contributed by atoms with Gasteiger partial charge in [-0.15, -0.1) is 11.3 Å². The Morgan fingerprint density at radius 2 is 1.97 bits per heavy atom. The highest BCUT2D eigenvalue weighted by Crippen LogP contribution is 2.32. The minimum absolute atomic E-state index is 0.000567. The maximum atomic E-state index is 12.5. The topological polar surface area (TPSA) is 107 Å². The number of fused-ring (bicyclic) bond motifs is 2. The third-order valence-corrected chi connectivity index (χ3v) is 7.76. The Kier molecular flexibility index (Phi) is 6.14. The van der Waals surface area contributed by atoms with Gasteiger partial charge in [0.2, 0.25) is 15.9 Å². The maximum absolute atomic E-state index is 12.5. The largest absolute Gasteiger partial charge is 0.486 e. The molecule has 30 heavy (non-hydrogen) atoms. The Hall–Kier alpha value is -2.34. The number of amides is 1. The molecule has 0 saturated carbocycles. The summed E-state index contributed by atoms with van der Waals surface area (Å²) < 4.78 is 40.2. The summed E-state index contributed by atoms with van der Waals surface area (Å²) in [6.45, 7) is 0.777. The lowest BCUT2D eigenvalue weighted by atomic mass is 10.3. The minimum atomic E-state index is -3.77. The van der Waals surface area contributed by atoms with Gasteiger partial charge in [0, 0.05) is 24.7 Å². The normalized spacial score (nSPS) is 13.4. The highest BCUT2D eigenvalue weighted by molar-refractivity contribution is 8.00. The van der Waals surface area contributed by atoms with Crippen molar-refractivity contribution >= 4 is 54.9 Å². The van der Waals surface area contributed by atoms with Crippen molar-refractivity contribution in [2.75, 3.05) is 31.3 Å². The van der Waals surface area contributed by atoms with Gasteiger partial charge < -0.3 is 14.8 Å². The van der Waals surface area contributed by atoms with Crippen molar-refractivity contribution in [3.8, 4) is 11.5 Å². The highest BCUT2D eigenvalue weighted by Gasteiger charge is 2.19. The molecule has 2 N–H and O–H groups in total. The predicted octanol–water partition coefficient (Wildman–Crippen LogP) is 3.10. The van der Waals surface area contributed by atoms with Gasteiger partial charge in [0.25, 0.3) is 0 Å². The summed E-state index contributed by atoms with van der Waals surface area (Å²) in [4.78, 5) is 16.7. The van der Waals surface area contributed by atoms with Crippen LogP contribution in [0.1, 0.15) is 6.42 Å². The van der Waals surface area contributed by atoms with Gasteiger partial charge in [-0.05, 0) is 36.6 Å². The van der Waals surface area contributed by atoms with E-state index in [0.29, 0.717) is 30.4 Å². The maximum Gasteiger partial charge on any atom is 0.240 e. The van der Waals surface area contributed by atoms with Gasteiger partial charge >= 0.3 is 0 Å². The second-order valence-electron chi connectivity index (χ2n) is 6.37. The van der Waals surface area contributed by atoms with Crippen LogP contribution in [-0.4, -0.2) is 45.3 Å². The Balaban J connectivity index is 1.33. The molecule has 158 valence electrons. The summed E-state index contributed by atoms with van der Waals surface area (Å²) in [7, 11) is -3.77. The molecule has 2 aromatic carbocycles. The number of thiazole rings is 1. The molecular formula is C19H19N3O5S3. The number of nitrogens with zero attached hydrogens (tertiary/aromatic N) is 1. The number of thioether (sulfide) groups is 1. The summed E-state index contributed by atoms with van der Waals surface area (Å²) in [6, 6.07) is 9.93. The van der Waals surface area contributed by atoms with E-state index >= 15 is 0 Å². The Bertz CT molecular complexity index is 1190. The van der Waals surface area contributed by atoms with Gasteiger partial charge in [-0.2, -0.15) is 0 Å². The van der Waals surface area contributed by atoms with Gasteiger partial charge in [-0.25, -0.2) is 18.1 Å². The zero-order valence-electron chi connectivity index (χ0n) is 16.0. The van der Waals surface area contributed by atoms with Crippen molar-refractivity contribution in [3.05, 3.63) is 36.4 Å². The van der Waals surface area contributed by atoms with Crippen molar-refractivity contribution in [1.29, 1.82) is 0 Å². The van der Waals surface area contributed by atoms with Crippen LogP contribution in [0.15, 0.2) is 45.6 Å². The molecule has 0 unspecified atom stereocenters. The standard InChI is InChI=1S/C19H19N3O5S3/c1-28-19-22-14-4-2-12(10-17(14)29-19)21-18(23)6-7-20-30(24,25)13-3-5-15-16(11-13)27-9-8-26-15/h2-5,10-11,20H,6-9H2,1H3,(H,21,23). The van der Waals surface area contributed by atoms with E-state index in [4.69, 9.17) is 9.47 Å². The molecule has 2 heterocycles. The van der Waals surface area contributed by atoms with Crippen LogP contribution in [0.3, 0.4) is 0 Å². The first-order valence-electron chi connectivity index (χ1n) is 9.08. The lowest BCUT2D eigenvalue weighted by molar-refractivity contribution is -0.116. The first kappa shape index (κ1) is 20.9. The molecule has 0 spiro atoms. The fraction of sp³-hybridized carbons (Fsp3) is 0.263. The van der Waals surface area contributed by atoms with E-state index in [1.54, 1.807) is 35.2 Å². The van der Waals surface area contributed by atoms with E-state index in [2.05, 4.69) is 15.0 Å². The Morgan fingerprint density at radius 3 is 2.77 bits per heavy atom. The predicted molar refractivity (Wildman–Crippen MR) is 117 cm³/mol. The lowest BCUT2D eigenvalue weighted by Gasteiger charge is -2.18. The van der Waals surface area contributed by atoms with Crippen LogP contribution in [0.4, 0.5) is 5.69 Å². The molecule has 1 aromatic heterocycles. The van der Waals surface area contributed by atoms with Crippen LogP contribution >= 0.6 is 23.1 Å². The zero-order chi connectivity index (χ0) is 21.1. The third kappa shape index (κ3) is 4.69. The number of carbonyl (C=O) groups excluding carboxylic acids is 1. The molecule has 0 fully saturated rings. The number of carbonyl (C=O) groups is 1. The van der Waals surface area contributed by atoms with Gasteiger partial charge in [0.15, 0.2) is 15.8 Å². The van der Waals surface area contributed by atoms with Gasteiger partial charge in [0.1, 0.15) is 13.2 Å². The van der Waals surface area contributed by atoms with Crippen LogP contribution in [0, 0.1) is 0 Å². The van der Waals surface area contributed by atoms with Crippen molar-refractivity contribution < 1.29 is 22.7 Å². The number of anilines is 1. The summed E-state index contributed by atoms with van der Waals surface area (Å²) in [5.74, 6) is 0.626. The molecule has 4 rings (SSSR count). The molecule has 1 aliphatic rings. The summed E-state index contributed by atoms with van der Waals surface area (Å²) in [5.41, 5.74) is 1.54. The van der Waals surface area contributed by atoms with E-state index in [9.17, 15) is 13.2 Å². The van der Waals surface area contributed by atoms with Crippen LogP contribution < -0.4 is 19.5 Å². The number of sulfonamides is 1. The van der Waals surface area contributed by atoms with E-state index in [-0.39, 0.29) is 23.8 Å².